The first-order valence-corrected chi connectivity index (χ1v) is 6.00. The third kappa shape index (κ3) is 8.26. The molecule has 0 fully saturated rings. The van der Waals surface area contributed by atoms with Gasteiger partial charge < -0.3 is 10.2 Å². The Bertz CT molecular complexity index is 245. The van der Waals surface area contributed by atoms with Crippen LogP contribution in [0.25, 0.3) is 0 Å². The van der Waals surface area contributed by atoms with Crippen molar-refractivity contribution in [2.24, 2.45) is 10.1 Å². The number of nitrogens with one attached hydrogen (secondary N) is 1. The summed E-state index contributed by atoms with van der Waals surface area (Å²) in [5.74, 6) is 0. The van der Waals surface area contributed by atoms with Crippen LogP contribution in [0.1, 0.15) is 54.4 Å². The maximum Gasteiger partial charge on any atom is 0.315 e. The fourth-order valence-corrected chi connectivity index (χ4v) is 1.10. The van der Waals surface area contributed by atoms with Crippen molar-refractivity contribution in [1.82, 2.24) is 5.32 Å². The van der Waals surface area contributed by atoms with E-state index in [2.05, 4.69) is 22.4 Å². The first kappa shape index (κ1) is 14.9. The van der Waals surface area contributed by atoms with Crippen LogP contribution in [0.2, 0.25) is 0 Å². The largest absolute Gasteiger partial charge is 0.336 e. The minimum Gasteiger partial charge on any atom is -0.336 e. The van der Waals surface area contributed by atoms with Crippen LogP contribution in [0.4, 0.5) is 0 Å². The lowest BCUT2D eigenvalue weighted by Gasteiger charge is -2.11. The van der Waals surface area contributed by atoms with Gasteiger partial charge in [0.05, 0.1) is 5.71 Å². The van der Waals surface area contributed by atoms with Crippen LogP contribution in [0.3, 0.4) is 0 Å². The van der Waals surface area contributed by atoms with Crippen molar-refractivity contribution in [1.29, 1.82) is 0 Å². The molecule has 0 unspecified atom stereocenters. The van der Waals surface area contributed by atoms with Gasteiger partial charge in [0, 0.05) is 12.1 Å². The minimum atomic E-state index is 0.197. The highest BCUT2D eigenvalue weighted by atomic mass is 16.6. The van der Waals surface area contributed by atoms with Crippen LogP contribution in [0, 0.1) is 0 Å². The molecule has 0 amide bonds. The molecule has 0 aliphatic heterocycles. The molecular weight excluding hydrogens is 202 g/mol. The number of oxime groups is 1. The third-order valence-electron chi connectivity index (χ3n) is 1.69. The smallest absolute Gasteiger partial charge is 0.315 e. The summed E-state index contributed by atoms with van der Waals surface area (Å²) in [6.07, 6.45) is 2.03. The van der Waals surface area contributed by atoms with Gasteiger partial charge in [0.15, 0.2) is 0 Å². The summed E-state index contributed by atoms with van der Waals surface area (Å²) in [4.78, 5) is 9.63. The second-order valence-corrected chi connectivity index (χ2v) is 4.49. The van der Waals surface area contributed by atoms with Gasteiger partial charge in [0.2, 0.25) is 0 Å². The lowest BCUT2D eigenvalue weighted by atomic mass is 10.2. The number of rotatable bonds is 5. The molecule has 0 heterocycles. The molecule has 0 aliphatic rings. The summed E-state index contributed by atoms with van der Waals surface area (Å²) in [5, 5.41) is 7.17. The molecule has 0 spiro atoms. The Morgan fingerprint density at radius 2 is 1.88 bits per heavy atom. The predicted molar refractivity (Wildman–Crippen MR) is 69.9 cm³/mol. The van der Waals surface area contributed by atoms with E-state index in [1.54, 1.807) is 0 Å². The molecule has 0 aromatic rings. The summed E-state index contributed by atoms with van der Waals surface area (Å²) >= 11 is 0. The van der Waals surface area contributed by atoms with E-state index in [4.69, 9.17) is 4.84 Å². The van der Waals surface area contributed by atoms with Gasteiger partial charge in [-0.05, 0) is 41.0 Å². The van der Waals surface area contributed by atoms with E-state index >= 15 is 0 Å². The van der Waals surface area contributed by atoms with Crippen molar-refractivity contribution in [3.8, 4) is 0 Å². The Kier molecular flexibility index (Phi) is 7.60. The fourth-order valence-electron chi connectivity index (χ4n) is 1.10. The molecule has 0 aromatic heterocycles. The second kappa shape index (κ2) is 8.13. The SMILES string of the molecule is CCC/C(C)=N\OC(=NC(C)C)NC(C)C. The third-order valence-corrected chi connectivity index (χ3v) is 1.69. The van der Waals surface area contributed by atoms with Gasteiger partial charge in [0.25, 0.3) is 0 Å². The van der Waals surface area contributed by atoms with Crippen LogP contribution >= 0.6 is 0 Å². The van der Waals surface area contributed by atoms with Gasteiger partial charge in [-0.3, -0.25) is 0 Å². The minimum absolute atomic E-state index is 0.197. The molecule has 94 valence electrons. The van der Waals surface area contributed by atoms with Crippen molar-refractivity contribution >= 4 is 11.7 Å². The fraction of sp³-hybridized carbons (Fsp3) is 0.833. The number of amidine groups is 1. The van der Waals surface area contributed by atoms with Crippen molar-refractivity contribution in [2.75, 3.05) is 0 Å². The van der Waals surface area contributed by atoms with E-state index in [-0.39, 0.29) is 6.04 Å². The van der Waals surface area contributed by atoms with Gasteiger partial charge >= 0.3 is 6.02 Å². The Morgan fingerprint density at radius 3 is 2.31 bits per heavy atom. The summed E-state index contributed by atoms with van der Waals surface area (Å²) < 4.78 is 0. The summed E-state index contributed by atoms with van der Waals surface area (Å²) in [6.45, 7) is 12.2. The van der Waals surface area contributed by atoms with Gasteiger partial charge in [-0.2, -0.15) is 0 Å². The molecule has 0 aromatic carbocycles. The average molecular weight is 227 g/mol. The van der Waals surface area contributed by atoms with E-state index in [1.807, 2.05) is 34.6 Å². The zero-order valence-electron chi connectivity index (χ0n) is 11.4. The van der Waals surface area contributed by atoms with E-state index in [0.717, 1.165) is 18.6 Å². The molecule has 1 N–H and O–H groups in total. The number of hydrogen-bond acceptors (Lipinski definition) is 3. The Morgan fingerprint density at radius 1 is 1.25 bits per heavy atom. The molecule has 4 nitrogen and oxygen atoms in total. The van der Waals surface area contributed by atoms with Crippen LogP contribution in [0.15, 0.2) is 10.1 Å². The lowest BCUT2D eigenvalue weighted by Crippen LogP contribution is -2.32. The standard InChI is InChI=1S/C12H25N3O/c1-7-8-11(6)15-16-12(13-9(2)3)14-10(4)5/h9-10H,7-8H2,1-6H3,(H,13,14)/b15-11-. The van der Waals surface area contributed by atoms with Crippen molar-refractivity contribution in [2.45, 2.75) is 66.5 Å². The quantitative estimate of drug-likeness (QED) is 0.446. The predicted octanol–water partition coefficient (Wildman–Crippen LogP) is 2.94. The van der Waals surface area contributed by atoms with Gasteiger partial charge in [-0.1, -0.05) is 18.5 Å². The van der Waals surface area contributed by atoms with E-state index in [1.165, 1.54) is 0 Å². The Labute approximate surface area is 99.2 Å². The van der Waals surface area contributed by atoms with Gasteiger partial charge in [0.1, 0.15) is 0 Å². The normalized spacial score (nSPS) is 13.5. The van der Waals surface area contributed by atoms with Crippen LogP contribution in [-0.4, -0.2) is 23.8 Å². The molecule has 0 bridgehead atoms. The molecule has 16 heavy (non-hydrogen) atoms. The molecular formula is C12H25N3O. The summed E-state index contributed by atoms with van der Waals surface area (Å²) in [5.41, 5.74) is 0.990. The highest BCUT2D eigenvalue weighted by Crippen LogP contribution is 1.95. The topological polar surface area (TPSA) is 46.0 Å². The number of hydrogen-bond donors (Lipinski definition) is 1. The van der Waals surface area contributed by atoms with E-state index in [9.17, 15) is 0 Å². The first-order chi connectivity index (χ1) is 7.45. The zero-order chi connectivity index (χ0) is 12.6. The molecule has 0 atom stereocenters. The van der Waals surface area contributed by atoms with Gasteiger partial charge in [-0.15, -0.1) is 0 Å². The van der Waals surface area contributed by atoms with Crippen LogP contribution < -0.4 is 5.32 Å². The molecule has 0 saturated carbocycles. The molecule has 0 aliphatic carbocycles. The maximum atomic E-state index is 5.30. The molecule has 4 heteroatoms. The zero-order valence-corrected chi connectivity index (χ0v) is 11.4. The van der Waals surface area contributed by atoms with Crippen molar-refractivity contribution in [3.05, 3.63) is 0 Å². The van der Waals surface area contributed by atoms with E-state index < -0.39 is 0 Å². The molecule has 0 rings (SSSR count). The summed E-state index contributed by atoms with van der Waals surface area (Å²) in [7, 11) is 0. The van der Waals surface area contributed by atoms with Crippen LogP contribution in [-0.2, 0) is 4.84 Å². The molecule has 0 saturated heterocycles. The Balaban J connectivity index is 4.38. The summed E-state index contributed by atoms with van der Waals surface area (Å²) in [6, 6.07) is 0.988. The first-order valence-electron chi connectivity index (χ1n) is 6.00. The maximum absolute atomic E-state index is 5.30. The Hall–Kier alpha value is -1.06. The highest BCUT2D eigenvalue weighted by molar-refractivity contribution is 5.82. The lowest BCUT2D eigenvalue weighted by molar-refractivity contribution is 0.301. The van der Waals surface area contributed by atoms with Crippen LogP contribution in [0.5, 0.6) is 0 Å². The second-order valence-electron chi connectivity index (χ2n) is 4.49. The van der Waals surface area contributed by atoms with Gasteiger partial charge in [-0.25, -0.2) is 4.99 Å². The van der Waals surface area contributed by atoms with E-state index in [0.29, 0.717) is 12.1 Å². The number of nitrogens with zero attached hydrogens (tertiary/aromatic N) is 2. The highest BCUT2D eigenvalue weighted by Gasteiger charge is 2.04. The molecule has 0 radical (unpaired) electrons. The monoisotopic (exact) mass is 227 g/mol. The number of aliphatic imine (C=N–C) groups is 1. The van der Waals surface area contributed by atoms with Crippen molar-refractivity contribution in [3.63, 3.8) is 0 Å². The average Bonchev–Trinajstić information content (AvgIpc) is 2.13. The van der Waals surface area contributed by atoms with Crippen molar-refractivity contribution < 1.29 is 4.84 Å².